The van der Waals surface area contributed by atoms with Gasteiger partial charge in [0.2, 0.25) is 0 Å². The first kappa shape index (κ1) is 20.2. The van der Waals surface area contributed by atoms with Gasteiger partial charge in [0.1, 0.15) is 10.7 Å². The minimum atomic E-state index is -0.204. The summed E-state index contributed by atoms with van der Waals surface area (Å²) in [6.07, 6.45) is 0.989. The average Bonchev–Trinajstić information content (AvgIpc) is 2.98. The fraction of sp³-hybridized carbons (Fsp3) is 0.381. The summed E-state index contributed by atoms with van der Waals surface area (Å²) in [7, 11) is 3.83. The normalized spacial score (nSPS) is 12.5. The molecule has 7 heteroatoms. The van der Waals surface area contributed by atoms with E-state index in [-0.39, 0.29) is 11.5 Å². The van der Waals surface area contributed by atoms with Crippen LogP contribution in [0, 0.1) is 6.92 Å². The van der Waals surface area contributed by atoms with Gasteiger partial charge in [0, 0.05) is 5.69 Å². The van der Waals surface area contributed by atoms with E-state index in [0.29, 0.717) is 38.9 Å². The van der Waals surface area contributed by atoms with Crippen molar-refractivity contribution in [2.75, 3.05) is 19.4 Å². The topological polar surface area (TPSA) is 78.1 Å². The van der Waals surface area contributed by atoms with E-state index in [1.54, 1.807) is 6.92 Å². The molecule has 0 aliphatic heterocycles. The van der Waals surface area contributed by atoms with Crippen molar-refractivity contribution in [3.63, 3.8) is 0 Å². The molecule has 28 heavy (non-hydrogen) atoms. The van der Waals surface area contributed by atoms with Crippen LogP contribution in [0.2, 0.25) is 0 Å². The van der Waals surface area contributed by atoms with E-state index in [0.717, 1.165) is 17.7 Å². The maximum Gasteiger partial charge on any atom is 0.266 e. The van der Waals surface area contributed by atoms with Gasteiger partial charge in [-0.1, -0.05) is 32.0 Å². The molecule has 0 spiro atoms. The lowest BCUT2D eigenvalue weighted by molar-refractivity contribution is 0.103. The highest BCUT2D eigenvalue weighted by Gasteiger charge is 2.20. The van der Waals surface area contributed by atoms with Crippen molar-refractivity contribution >= 4 is 33.1 Å². The van der Waals surface area contributed by atoms with Crippen LogP contribution in [0.1, 0.15) is 52.8 Å². The highest BCUT2D eigenvalue weighted by molar-refractivity contribution is 7.20. The molecule has 0 fully saturated rings. The number of thiophene rings is 1. The van der Waals surface area contributed by atoms with Crippen molar-refractivity contribution in [3.8, 4) is 0 Å². The number of hydrogen-bond donors (Lipinski definition) is 2. The molecule has 1 atom stereocenters. The summed E-state index contributed by atoms with van der Waals surface area (Å²) in [6.45, 7) is 6.61. The second-order valence-electron chi connectivity index (χ2n) is 7.34. The molecule has 3 rings (SSSR count). The van der Waals surface area contributed by atoms with Gasteiger partial charge < -0.3 is 15.2 Å². The smallest absolute Gasteiger partial charge is 0.266 e. The highest BCUT2D eigenvalue weighted by Crippen LogP contribution is 2.30. The number of carbonyl (C=O) groups excluding carboxylic acids is 1. The molecule has 0 aliphatic carbocycles. The molecule has 0 saturated heterocycles. The SMILES string of the molecule is CCC(C)c1ccccc1NC(=O)c1sc2nc(CN(C)C)[nH]c(=O)c2c1C. The Balaban J connectivity index is 1.98. The van der Waals surface area contributed by atoms with Gasteiger partial charge in [0.05, 0.1) is 16.8 Å². The monoisotopic (exact) mass is 398 g/mol. The number of aromatic amines is 1. The van der Waals surface area contributed by atoms with Gasteiger partial charge in [-0.05, 0) is 50.6 Å². The number of aryl methyl sites for hydroxylation is 1. The molecule has 2 aromatic heterocycles. The van der Waals surface area contributed by atoms with Gasteiger partial charge in [0.25, 0.3) is 11.5 Å². The van der Waals surface area contributed by atoms with Gasteiger partial charge in [-0.25, -0.2) is 4.98 Å². The van der Waals surface area contributed by atoms with Crippen LogP contribution in [-0.2, 0) is 6.54 Å². The van der Waals surface area contributed by atoms with Crippen LogP contribution in [0.5, 0.6) is 0 Å². The van der Waals surface area contributed by atoms with Crippen LogP contribution >= 0.6 is 11.3 Å². The van der Waals surface area contributed by atoms with Crippen LogP contribution in [0.3, 0.4) is 0 Å². The molecule has 6 nitrogen and oxygen atoms in total. The summed E-state index contributed by atoms with van der Waals surface area (Å²) < 4.78 is 0. The molecule has 1 aromatic carbocycles. The van der Waals surface area contributed by atoms with Gasteiger partial charge >= 0.3 is 0 Å². The molecule has 0 saturated carbocycles. The molecular formula is C21H26N4O2S. The van der Waals surface area contributed by atoms with Gasteiger partial charge in [-0.2, -0.15) is 0 Å². The van der Waals surface area contributed by atoms with E-state index in [1.165, 1.54) is 11.3 Å². The number of benzene rings is 1. The fourth-order valence-corrected chi connectivity index (χ4v) is 4.31. The molecule has 1 amide bonds. The first-order valence-corrected chi connectivity index (χ1v) is 10.2. The van der Waals surface area contributed by atoms with Crippen molar-refractivity contribution in [1.82, 2.24) is 14.9 Å². The molecule has 148 valence electrons. The van der Waals surface area contributed by atoms with E-state index < -0.39 is 0 Å². The standard InChI is InChI=1S/C21H26N4O2S/c1-6-12(2)14-9-7-8-10-15(14)22-20(27)18-13(3)17-19(26)23-16(11-25(4)5)24-21(17)28-18/h7-10,12H,6,11H2,1-5H3,(H,22,27)(H,23,24,26). The molecule has 1 unspecified atom stereocenters. The van der Waals surface area contributed by atoms with Crippen LogP contribution in [0.15, 0.2) is 29.1 Å². The van der Waals surface area contributed by atoms with Gasteiger partial charge in [-0.15, -0.1) is 11.3 Å². The number of para-hydroxylation sites is 1. The summed E-state index contributed by atoms with van der Waals surface area (Å²) in [5.74, 6) is 0.737. The molecular weight excluding hydrogens is 372 g/mol. The Kier molecular flexibility index (Phi) is 5.96. The third kappa shape index (κ3) is 4.00. The number of H-pyrrole nitrogens is 1. The Morgan fingerprint density at radius 2 is 2.04 bits per heavy atom. The van der Waals surface area contributed by atoms with E-state index in [1.807, 2.05) is 43.3 Å². The third-order valence-corrected chi connectivity index (χ3v) is 6.06. The zero-order chi connectivity index (χ0) is 20.4. The largest absolute Gasteiger partial charge is 0.321 e. The lowest BCUT2D eigenvalue weighted by Gasteiger charge is -2.15. The Morgan fingerprint density at radius 1 is 1.32 bits per heavy atom. The van der Waals surface area contributed by atoms with Crippen molar-refractivity contribution in [1.29, 1.82) is 0 Å². The van der Waals surface area contributed by atoms with Crippen molar-refractivity contribution < 1.29 is 4.79 Å². The van der Waals surface area contributed by atoms with Crippen LogP contribution in [0.25, 0.3) is 10.2 Å². The number of nitrogens with zero attached hydrogens (tertiary/aromatic N) is 2. The van der Waals surface area contributed by atoms with Crippen LogP contribution in [0.4, 0.5) is 5.69 Å². The summed E-state index contributed by atoms with van der Waals surface area (Å²) in [5.41, 5.74) is 2.40. The predicted octanol–water partition coefficient (Wildman–Crippen LogP) is 4.12. The highest BCUT2D eigenvalue weighted by atomic mass is 32.1. The van der Waals surface area contributed by atoms with Gasteiger partial charge in [-0.3, -0.25) is 9.59 Å². The summed E-state index contributed by atoms with van der Waals surface area (Å²) in [5, 5.41) is 3.53. The Morgan fingerprint density at radius 3 is 2.71 bits per heavy atom. The Hall–Kier alpha value is -2.51. The quantitative estimate of drug-likeness (QED) is 0.655. The van der Waals surface area contributed by atoms with E-state index in [9.17, 15) is 9.59 Å². The zero-order valence-electron chi connectivity index (χ0n) is 16.9. The van der Waals surface area contributed by atoms with Crippen molar-refractivity contribution in [2.24, 2.45) is 0 Å². The lowest BCUT2D eigenvalue weighted by Crippen LogP contribution is -2.18. The van der Waals surface area contributed by atoms with Crippen LogP contribution in [-0.4, -0.2) is 34.9 Å². The van der Waals surface area contributed by atoms with E-state index in [2.05, 4.69) is 29.1 Å². The molecule has 2 heterocycles. The number of fused-ring (bicyclic) bond motifs is 1. The predicted molar refractivity (Wildman–Crippen MR) is 115 cm³/mol. The summed E-state index contributed by atoms with van der Waals surface area (Å²) in [4.78, 5) is 36.0. The maximum absolute atomic E-state index is 13.0. The third-order valence-electron chi connectivity index (χ3n) is 4.87. The minimum Gasteiger partial charge on any atom is -0.321 e. The van der Waals surface area contributed by atoms with Gasteiger partial charge in [0.15, 0.2) is 0 Å². The molecule has 2 N–H and O–H groups in total. The first-order chi connectivity index (χ1) is 13.3. The maximum atomic E-state index is 13.0. The first-order valence-electron chi connectivity index (χ1n) is 9.39. The Bertz CT molecular complexity index is 1070. The number of rotatable bonds is 6. The fourth-order valence-electron chi connectivity index (χ4n) is 3.22. The Labute approximate surface area is 168 Å². The van der Waals surface area contributed by atoms with E-state index >= 15 is 0 Å². The zero-order valence-corrected chi connectivity index (χ0v) is 17.7. The lowest BCUT2D eigenvalue weighted by atomic mass is 9.97. The average molecular weight is 399 g/mol. The number of carbonyl (C=O) groups is 1. The number of anilines is 1. The molecule has 0 aliphatic rings. The van der Waals surface area contributed by atoms with Crippen molar-refractivity contribution in [3.05, 3.63) is 56.4 Å². The number of nitrogens with one attached hydrogen (secondary N) is 2. The summed E-state index contributed by atoms with van der Waals surface area (Å²) >= 11 is 1.27. The van der Waals surface area contributed by atoms with E-state index in [4.69, 9.17) is 0 Å². The summed E-state index contributed by atoms with van der Waals surface area (Å²) in [6, 6.07) is 7.86. The minimum absolute atomic E-state index is 0.199. The number of aromatic nitrogens is 2. The second kappa shape index (κ2) is 8.24. The number of amides is 1. The van der Waals surface area contributed by atoms with Crippen molar-refractivity contribution in [2.45, 2.75) is 39.7 Å². The molecule has 0 bridgehead atoms. The van der Waals surface area contributed by atoms with Crippen LogP contribution < -0.4 is 10.9 Å². The molecule has 0 radical (unpaired) electrons. The molecule has 3 aromatic rings. The second-order valence-corrected chi connectivity index (χ2v) is 8.34. The number of hydrogen-bond acceptors (Lipinski definition) is 5.